The number of hydrogen-bond donors (Lipinski definition) is 1. The SMILES string of the molecule is Cc1ccccc1CS(=O)(=O)Cc1ccc(F)cc1CN. The molecule has 0 saturated heterocycles. The highest BCUT2D eigenvalue weighted by Crippen LogP contribution is 2.18. The summed E-state index contributed by atoms with van der Waals surface area (Å²) >= 11 is 0. The van der Waals surface area contributed by atoms with E-state index in [1.807, 2.05) is 25.1 Å². The van der Waals surface area contributed by atoms with Gasteiger partial charge in [-0.15, -0.1) is 0 Å². The predicted octanol–water partition coefficient (Wildman–Crippen LogP) is 2.71. The Morgan fingerprint density at radius 3 is 2.33 bits per heavy atom. The van der Waals surface area contributed by atoms with Crippen LogP contribution >= 0.6 is 0 Å². The Kier molecular flexibility index (Phi) is 4.75. The fourth-order valence-electron chi connectivity index (χ4n) is 2.22. The second-order valence-corrected chi connectivity index (χ2v) is 7.14. The standard InChI is InChI=1S/C16H18FNO2S/c1-12-4-2-3-5-13(12)10-21(19,20)11-14-6-7-16(17)8-15(14)9-18/h2-8H,9-11,18H2,1H3. The first-order valence-corrected chi connectivity index (χ1v) is 8.46. The van der Waals surface area contributed by atoms with E-state index in [4.69, 9.17) is 5.73 Å². The third kappa shape index (κ3) is 4.12. The minimum atomic E-state index is -3.33. The first kappa shape index (κ1) is 15.7. The van der Waals surface area contributed by atoms with Crippen molar-refractivity contribution in [2.75, 3.05) is 0 Å². The van der Waals surface area contributed by atoms with Gasteiger partial charge < -0.3 is 5.73 Å². The monoisotopic (exact) mass is 307 g/mol. The molecule has 0 saturated carbocycles. The van der Waals surface area contributed by atoms with Gasteiger partial charge in [0.15, 0.2) is 9.84 Å². The molecule has 112 valence electrons. The van der Waals surface area contributed by atoms with Crippen LogP contribution in [0.1, 0.15) is 22.3 Å². The van der Waals surface area contributed by atoms with Gasteiger partial charge in [0.1, 0.15) is 5.82 Å². The zero-order valence-corrected chi connectivity index (χ0v) is 12.7. The maximum Gasteiger partial charge on any atom is 0.158 e. The Morgan fingerprint density at radius 1 is 1.00 bits per heavy atom. The third-order valence-corrected chi connectivity index (χ3v) is 4.90. The van der Waals surface area contributed by atoms with E-state index in [9.17, 15) is 12.8 Å². The van der Waals surface area contributed by atoms with Crippen LogP contribution in [-0.2, 0) is 27.9 Å². The van der Waals surface area contributed by atoms with Crippen molar-refractivity contribution in [3.05, 3.63) is 70.5 Å². The molecule has 0 aromatic heterocycles. The summed E-state index contributed by atoms with van der Waals surface area (Å²) in [5.74, 6) is -0.564. The first-order chi connectivity index (χ1) is 9.91. The fourth-order valence-corrected chi connectivity index (χ4v) is 3.88. The van der Waals surface area contributed by atoms with Gasteiger partial charge in [-0.3, -0.25) is 0 Å². The van der Waals surface area contributed by atoms with Gasteiger partial charge in [0.05, 0.1) is 11.5 Å². The predicted molar refractivity (Wildman–Crippen MR) is 81.8 cm³/mol. The molecule has 0 unspecified atom stereocenters. The van der Waals surface area contributed by atoms with Gasteiger partial charge in [-0.2, -0.15) is 0 Å². The van der Waals surface area contributed by atoms with E-state index in [0.29, 0.717) is 11.1 Å². The van der Waals surface area contributed by atoms with E-state index in [2.05, 4.69) is 0 Å². The van der Waals surface area contributed by atoms with Gasteiger partial charge in [-0.1, -0.05) is 30.3 Å². The highest BCUT2D eigenvalue weighted by molar-refractivity contribution is 7.89. The zero-order chi connectivity index (χ0) is 15.5. The van der Waals surface area contributed by atoms with Crippen molar-refractivity contribution in [3.63, 3.8) is 0 Å². The average Bonchev–Trinajstić information content (AvgIpc) is 2.43. The molecule has 0 heterocycles. The third-order valence-electron chi connectivity index (χ3n) is 3.40. The van der Waals surface area contributed by atoms with Gasteiger partial charge in [-0.05, 0) is 41.3 Å². The topological polar surface area (TPSA) is 60.2 Å². The number of halogens is 1. The molecule has 2 rings (SSSR count). The summed E-state index contributed by atoms with van der Waals surface area (Å²) in [5.41, 5.74) is 8.38. The summed E-state index contributed by atoms with van der Waals surface area (Å²) in [5, 5.41) is 0. The van der Waals surface area contributed by atoms with Crippen LogP contribution in [0.25, 0.3) is 0 Å². The van der Waals surface area contributed by atoms with Crippen LogP contribution in [-0.4, -0.2) is 8.42 Å². The molecule has 0 aliphatic heterocycles. The summed E-state index contributed by atoms with van der Waals surface area (Å²) < 4.78 is 37.8. The summed E-state index contributed by atoms with van der Waals surface area (Å²) in [6.07, 6.45) is 0. The molecule has 0 aliphatic carbocycles. The number of nitrogens with two attached hydrogens (primary N) is 1. The van der Waals surface area contributed by atoms with E-state index in [1.54, 1.807) is 6.07 Å². The van der Waals surface area contributed by atoms with Crippen molar-refractivity contribution < 1.29 is 12.8 Å². The van der Waals surface area contributed by atoms with Crippen LogP contribution in [0, 0.1) is 12.7 Å². The Hall–Kier alpha value is -1.72. The Morgan fingerprint density at radius 2 is 1.67 bits per heavy atom. The van der Waals surface area contributed by atoms with Crippen molar-refractivity contribution in [1.82, 2.24) is 0 Å². The van der Waals surface area contributed by atoms with Crippen LogP contribution in [0.5, 0.6) is 0 Å². The Labute approximate surface area is 124 Å². The summed E-state index contributed by atoms with van der Waals surface area (Å²) in [6.45, 7) is 2.00. The van der Waals surface area contributed by atoms with Crippen LogP contribution < -0.4 is 5.73 Å². The molecule has 0 aliphatic rings. The molecule has 3 nitrogen and oxygen atoms in total. The van der Waals surface area contributed by atoms with Crippen LogP contribution in [0.2, 0.25) is 0 Å². The van der Waals surface area contributed by atoms with Gasteiger partial charge in [0.2, 0.25) is 0 Å². The molecule has 0 radical (unpaired) electrons. The lowest BCUT2D eigenvalue weighted by molar-refractivity contribution is 0.593. The van der Waals surface area contributed by atoms with E-state index < -0.39 is 15.7 Å². The molecule has 21 heavy (non-hydrogen) atoms. The van der Waals surface area contributed by atoms with Crippen molar-refractivity contribution >= 4 is 9.84 Å². The Balaban J connectivity index is 2.24. The molecule has 0 atom stereocenters. The van der Waals surface area contributed by atoms with Crippen molar-refractivity contribution in [1.29, 1.82) is 0 Å². The molecular formula is C16H18FNO2S. The molecular weight excluding hydrogens is 289 g/mol. The molecule has 2 aromatic carbocycles. The molecule has 2 N–H and O–H groups in total. The normalized spacial score (nSPS) is 11.6. The lowest BCUT2D eigenvalue weighted by atomic mass is 10.1. The lowest BCUT2D eigenvalue weighted by Gasteiger charge is -2.10. The van der Waals surface area contributed by atoms with E-state index >= 15 is 0 Å². The van der Waals surface area contributed by atoms with Crippen molar-refractivity contribution in [2.45, 2.75) is 25.0 Å². The second-order valence-electron chi connectivity index (χ2n) is 5.08. The number of aryl methyl sites for hydroxylation is 1. The molecule has 2 aromatic rings. The lowest BCUT2D eigenvalue weighted by Crippen LogP contribution is -2.11. The smallest absolute Gasteiger partial charge is 0.158 e. The first-order valence-electron chi connectivity index (χ1n) is 6.63. The summed E-state index contributed by atoms with van der Waals surface area (Å²) in [4.78, 5) is 0. The van der Waals surface area contributed by atoms with Gasteiger partial charge in [0.25, 0.3) is 0 Å². The maximum atomic E-state index is 13.2. The van der Waals surface area contributed by atoms with E-state index in [-0.39, 0.29) is 18.1 Å². The van der Waals surface area contributed by atoms with E-state index in [1.165, 1.54) is 18.2 Å². The highest BCUT2D eigenvalue weighted by Gasteiger charge is 2.16. The van der Waals surface area contributed by atoms with Crippen molar-refractivity contribution in [2.24, 2.45) is 5.73 Å². The average molecular weight is 307 g/mol. The van der Waals surface area contributed by atoms with Crippen LogP contribution in [0.4, 0.5) is 4.39 Å². The number of rotatable bonds is 5. The minimum Gasteiger partial charge on any atom is -0.326 e. The second kappa shape index (κ2) is 6.37. The van der Waals surface area contributed by atoms with Gasteiger partial charge >= 0.3 is 0 Å². The van der Waals surface area contributed by atoms with Crippen LogP contribution in [0.3, 0.4) is 0 Å². The molecule has 0 bridgehead atoms. The van der Waals surface area contributed by atoms with Crippen LogP contribution in [0.15, 0.2) is 42.5 Å². The Bertz CT molecular complexity index is 742. The molecule has 0 spiro atoms. The summed E-state index contributed by atoms with van der Waals surface area (Å²) in [6, 6.07) is 11.4. The minimum absolute atomic E-state index is 0.0267. The number of sulfone groups is 1. The van der Waals surface area contributed by atoms with E-state index in [0.717, 1.165) is 11.1 Å². The highest BCUT2D eigenvalue weighted by atomic mass is 32.2. The van der Waals surface area contributed by atoms with Gasteiger partial charge in [0, 0.05) is 6.54 Å². The number of benzene rings is 2. The number of hydrogen-bond acceptors (Lipinski definition) is 3. The quantitative estimate of drug-likeness (QED) is 0.924. The fraction of sp³-hybridized carbons (Fsp3) is 0.250. The summed E-state index contributed by atoms with van der Waals surface area (Å²) in [7, 11) is -3.33. The zero-order valence-electron chi connectivity index (χ0n) is 11.8. The van der Waals surface area contributed by atoms with Crippen molar-refractivity contribution in [3.8, 4) is 0 Å². The molecule has 5 heteroatoms. The maximum absolute atomic E-state index is 13.2. The largest absolute Gasteiger partial charge is 0.326 e. The molecule has 0 fully saturated rings. The van der Waals surface area contributed by atoms with Gasteiger partial charge in [-0.25, -0.2) is 12.8 Å². The molecule has 0 amide bonds.